The average Bonchev–Trinajstić information content (AvgIpc) is 2.68. The Morgan fingerprint density at radius 1 is 1.44 bits per heavy atom. The van der Waals surface area contributed by atoms with Gasteiger partial charge >= 0.3 is 0 Å². The lowest BCUT2D eigenvalue weighted by atomic mass is 9.96. The van der Waals surface area contributed by atoms with E-state index in [9.17, 15) is 9.18 Å². The maximum atomic E-state index is 13.7. The quantitative estimate of drug-likeness (QED) is 0.670. The topological polar surface area (TPSA) is 43.1 Å². The fourth-order valence-corrected chi connectivity index (χ4v) is 2.18. The largest absolute Gasteiger partial charge is 0.324 e. The molecular formula is C12H11BrFNO. The van der Waals surface area contributed by atoms with E-state index < -0.39 is 5.82 Å². The zero-order valence-electron chi connectivity index (χ0n) is 8.49. The summed E-state index contributed by atoms with van der Waals surface area (Å²) in [5.41, 5.74) is 5.79. The molecule has 4 heteroatoms. The summed E-state index contributed by atoms with van der Waals surface area (Å²) in [5.74, 6) is -0.997. The first-order valence-corrected chi connectivity index (χ1v) is 5.81. The van der Waals surface area contributed by atoms with Crippen LogP contribution >= 0.6 is 15.9 Å². The van der Waals surface area contributed by atoms with Crippen molar-refractivity contribution >= 4 is 21.7 Å². The monoisotopic (exact) mass is 283 g/mol. The van der Waals surface area contributed by atoms with Crippen LogP contribution in [0.15, 0.2) is 34.8 Å². The van der Waals surface area contributed by atoms with Gasteiger partial charge in [-0.1, -0.05) is 18.2 Å². The molecule has 1 aliphatic rings. The number of hydrogen-bond donors (Lipinski definition) is 1. The number of carbonyl (C=O) groups is 1. The predicted octanol–water partition coefficient (Wildman–Crippen LogP) is 2.67. The Hall–Kier alpha value is -1.000. The molecule has 0 radical (unpaired) electrons. The van der Waals surface area contributed by atoms with Crippen LogP contribution in [0.5, 0.6) is 0 Å². The van der Waals surface area contributed by atoms with Gasteiger partial charge in [0.1, 0.15) is 5.82 Å². The molecule has 0 aliphatic heterocycles. The Morgan fingerprint density at radius 3 is 2.81 bits per heavy atom. The third-order valence-electron chi connectivity index (χ3n) is 2.67. The molecule has 2 unspecified atom stereocenters. The van der Waals surface area contributed by atoms with Gasteiger partial charge in [-0.15, -0.1) is 0 Å². The first kappa shape index (κ1) is 11.5. The lowest BCUT2D eigenvalue weighted by molar-refractivity contribution is 0.0938. The van der Waals surface area contributed by atoms with E-state index in [-0.39, 0.29) is 23.3 Å². The van der Waals surface area contributed by atoms with Gasteiger partial charge in [0, 0.05) is 12.0 Å². The minimum absolute atomic E-state index is 0.0934. The number of nitrogens with two attached hydrogens (primary N) is 1. The van der Waals surface area contributed by atoms with Crippen LogP contribution in [-0.4, -0.2) is 11.8 Å². The van der Waals surface area contributed by atoms with Crippen LogP contribution in [0.2, 0.25) is 0 Å². The van der Waals surface area contributed by atoms with Gasteiger partial charge in [-0.25, -0.2) is 4.39 Å². The van der Waals surface area contributed by atoms with E-state index in [0.29, 0.717) is 10.9 Å². The van der Waals surface area contributed by atoms with Crippen molar-refractivity contribution in [2.24, 2.45) is 11.7 Å². The lowest BCUT2D eigenvalue weighted by Gasteiger charge is -2.09. The summed E-state index contributed by atoms with van der Waals surface area (Å²) in [6.45, 7) is 0. The molecule has 2 nitrogen and oxygen atoms in total. The summed E-state index contributed by atoms with van der Waals surface area (Å²) in [6.07, 6.45) is 4.11. The van der Waals surface area contributed by atoms with Gasteiger partial charge in [-0.3, -0.25) is 4.79 Å². The van der Waals surface area contributed by atoms with Crippen molar-refractivity contribution < 1.29 is 9.18 Å². The highest BCUT2D eigenvalue weighted by Gasteiger charge is 2.26. The number of hydrogen-bond acceptors (Lipinski definition) is 2. The van der Waals surface area contributed by atoms with Crippen LogP contribution in [0.4, 0.5) is 4.39 Å². The van der Waals surface area contributed by atoms with Crippen LogP contribution in [-0.2, 0) is 0 Å². The van der Waals surface area contributed by atoms with Gasteiger partial charge in [0.2, 0.25) is 0 Å². The summed E-state index contributed by atoms with van der Waals surface area (Å²) < 4.78 is 14.0. The van der Waals surface area contributed by atoms with E-state index in [1.165, 1.54) is 6.07 Å². The van der Waals surface area contributed by atoms with Crippen LogP contribution in [0.1, 0.15) is 16.8 Å². The van der Waals surface area contributed by atoms with Gasteiger partial charge in [0.05, 0.1) is 10.0 Å². The first-order valence-electron chi connectivity index (χ1n) is 5.01. The third-order valence-corrected chi connectivity index (χ3v) is 3.28. The summed E-state index contributed by atoms with van der Waals surface area (Å²) in [4.78, 5) is 12.0. The van der Waals surface area contributed by atoms with Crippen LogP contribution in [0.3, 0.4) is 0 Å². The van der Waals surface area contributed by atoms with Crippen molar-refractivity contribution in [3.63, 3.8) is 0 Å². The van der Waals surface area contributed by atoms with Gasteiger partial charge in [-0.2, -0.15) is 0 Å². The highest BCUT2D eigenvalue weighted by Crippen LogP contribution is 2.25. The first-order chi connectivity index (χ1) is 7.59. The molecule has 1 aromatic carbocycles. The third kappa shape index (κ3) is 2.08. The van der Waals surface area contributed by atoms with Crippen molar-refractivity contribution in [1.29, 1.82) is 0 Å². The summed E-state index contributed by atoms with van der Waals surface area (Å²) in [6, 6.07) is 4.63. The molecule has 2 N–H and O–H groups in total. The van der Waals surface area contributed by atoms with E-state index in [1.807, 2.05) is 0 Å². The lowest BCUT2D eigenvalue weighted by Crippen LogP contribution is -2.19. The second-order valence-electron chi connectivity index (χ2n) is 3.86. The number of benzene rings is 1. The molecule has 0 amide bonds. The van der Waals surface area contributed by atoms with E-state index in [4.69, 9.17) is 5.73 Å². The number of ketones is 1. The maximum Gasteiger partial charge on any atom is 0.172 e. The Kier molecular flexibility index (Phi) is 3.21. The van der Waals surface area contributed by atoms with Crippen LogP contribution in [0, 0.1) is 11.7 Å². The molecule has 2 atom stereocenters. The molecule has 0 heterocycles. The van der Waals surface area contributed by atoms with Gasteiger partial charge in [0.25, 0.3) is 0 Å². The molecular weight excluding hydrogens is 273 g/mol. The molecule has 0 saturated carbocycles. The van der Waals surface area contributed by atoms with Crippen molar-refractivity contribution in [1.82, 2.24) is 0 Å². The van der Waals surface area contributed by atoms with E-state index in [0.717, 1.165) is 0 Å². The zero-order valence-corrected chi connectivity index (χ0v) is 10.1. The number of allylic oxidation sites excluding steroid dienone is 1. The SMILES string of the molecule is NC1C=CC(C(=O)c2cccc(Br)c2F)C1. The number of halogens is 2. The molecule has 1 aliphatic carbocycles. The Balaban J connectivity index is 2.28. The number of rotatable bonds is 2. The van der Waals surface area contributed by atoms with E-state index in [2.05, 4.69) is 15.9 Å². The molecule has 0 aromatic heterocycles. The summed E-state index contributed by atoms with van der Waals surface area (Å²) >= 11 is 3.06. The minimum atomic E-state index is -0.499. The highest BCUT2D eigenvalue weighted by atomic mass is 79.9. The summed E-state index contributed by atoms with van der Waals surface area (Å²) in [7, 11) is 0. The van der Waals surface area contributed by atoms with E-state index >= 15 is 0 Å². The molecule has 1 aromatic rings. The molecule has 0 saturated heterocycles. The standard InChI is InChI=1S/C12H11BrFNO/c13-10-3-1-2-9(11(10)14)12(16)7-4-5-8(15)6-7/h1-5,7-8H,6,15H2. The van der Waals surface area contributed by atoms with Gasteiger partial charge in [-0.05, 0) is 34.5 Å². The Bertz CT molecular complexity index is 458. The molecule has 84 valence electrons. The van der Waals surface area contributed by atoms with Gasteiger partial charge < -0.3 is 5.73 Å². The van der Waals surface area contributed by atoms with Crippen LogP contribution in [0.25, 0.3) is 0 Å². The molecule has 2 rings (SSSR count). The van der Waals surface area contributed by atoms with Gasteiger partial charge in [0.15, 0.2) is 5.78 Å². The smallest absolute Gasteiger partial charge is 0.172 e. The molecule has 0 fully saturated rings. The Labute approximate surface area is 101 Å². The number of carbonyl (C=O) groups excluding carboxylic acids is 1. The van der Waals surface area contributed by atoms with Crippen molar-refractivity contribution in [3.05, 3.63) is 46.2 Å². The second kappa shape index (κ2) is 4.47. The number of Topliss-reactive ketones (excluding diaryl/α,β-unsaturated/α-hetero) is 1. The van der Waals surface area contributed by atoms with Crippen molar-refractivity contribution in [2.75, 3.05) is 0 Å². The van der Waals surface area contributed by atoms with E-state index in [1.54, 1.807) is 24.3 Å². The maximum absolute atomic E-state index is 13.7. The normalized spacial score (nSPS) is 23.7. The highest BCUT2D eigenvalue weighted by molar-refractivity contribution is 9.10. The molecule has 0 bridgehead atoms. The fourth-order valence-electron chi connectivity index (χ4n) is 1.82. The van der Waals surface area contributed by atoms with Crippen molar-refractivity contribution in [2.45, 2.75) is 12.5 Å². The predicted molar refractivity (Wildman–Crippen MR) is 63.7 cm³/mol. The second-order valence-corrected chi connectivity index (χ2v) is 4.71. The minimum Gasteiger partial charge on any atom is -0.324 e. The molecule has 16 heavy (non-hydrogen) atoms. The zero-order chi connectivity index (χ0) is 11.7. The average molecular weight is 284 g/mol. The fraction of sp³-hybridized carbons (Fsp3) is 0.250. The van der Waals surface area contributed by atoms with Crippen LogP contribution < -0.4 is 5.73 Å². The Morgan fingerprint density at radius 2 is 2.19 bits per heavy atom. The molecule has 0 spiro atoms. The van der Waals surface area contributed by atoms with Crippen molar-refractivity contribution in [3.8, 4) is 0 Å². The summed E-state index contributed by atoms with van der Waals surface area (Å²) in [5, 5.41) is 0.